The molecule has 10 aromatic carbocycles. The van der Waals surface area contributed by atoms with E-state index >= 15 is 0 Å². The standard InChI is InChI=1S/C62H36N6/c1-64-53-33-43(67-57-26-14-10-23-48(57)52-35-59-51(36-60(52)67)47-22-9-13-25-56(47)65(59)41-16-4-2-5-17-41)29-30-44(53)39-28-31-54(40(32-39)38-63)68-58-27-15-11-21-46(58)50-34-49-45-20-8-12-24-55(45)66(61(49)37-62(50)68)42-18-6-3-7-19-42/h2-37H. The van der Waals surface area contributed by atoms with Gasteiger partial charge in [-0.3, -0.25) is 0 Å². The summed E-state index contributed by atoms with van der Waals surface area (Å²) >= 11 is 0. The number of aromatic nitrogens is 4. The molecule has 0 atom stereocenters. The molecule has 314 valence electrons. The van der Waals surface area contributed by atoms with Crippen LogP contribution in [0.3, 0.4) is 0 Å². The van der Waals surface area contributed by atoms with Gasteiger partial charge in [0, 0.05) is 60.2 Å². The minimum atomic E-state index is 0.514. The SMILES string of the molecule is [C-]#[N+]c1cc(-n2c3ccccc3c3cc4c(cc32)c2ccccc2n4-c2ccccc2)ccc1-c1ccc(-n2c3ccccc3c3cc4c5ccccc5n(-c5ccccc5)c4cc32)c(C#N)c1. The van der Waals surface area contributed by atoms with Crippen LogP contribution in [0, 0.1) is 17.9 Å². The highest BCUT2D eigenvalue weighted by atomic mass is 15.0. The number of hydrogen-bond donors (Lipinski definition) is 0. The van der Waals surface area contributed by atoms with E-state index < -0.39 is 0 Å². The maximum absolute atomic E-state index is 11.0. The van der Waals surface area contributed by atoms with Crippen LogP contribution in [-0.4, -0.2) is 18.3 Å². The van der Waals surface area contributed by atoms with Crippen molar-refractivity contribution in [3.63, 3.8) is 0 Å². The number of fused-ring (bicyclic) bond motifs is 12. The molecule has 0 unspecified atom stereocenters. The molecule has 4 aromatic heterocycles. The number of hydrogen-bond acceptors (Lipinski definition) is 1. The second kappa shape index (κ2) is 14.4. The summed E-state index contributed by atoms with van der Waals surface area (Å²) in [4.78, 5) is 4.14. The molecule has 0 spiro atoms. The van der Waals surface area contributed by atoms with Crippen LogP contribution in [0.15, 0.2) is 218 Å². The topological polar surface area (TPSA) is 47.9 Å². The van der Waals surface area contributed by atoms with Gasteiger partial charge in [-0.1, -0.05) is 121 Å². The lowest BCUT2D eigenvalue weighted by Gasteiger charge is -2.14. The van der Waals surface area contributed by atoms with Crippen molar-refractivity contribution < 1.29 is 0 Å². The van der Waals surface area contributed by atoms with Crippen LogP contribution in [0.25, 0.3) is 126 Å². The number of nitrogens with zero attached hydrogens (tertiary/aromatic N) is 6. The number of rotatable bonds is 5. The number of para-hydroxylation sites is 6. The lowest BCUT2D eigenvalue weighted by molar-refractivity contribution is 1.16. The molecule has 0 aliphatic carbocycles. The molecule has 0 N–H and O–H groups in total. The summed E-state index contributed by atoms with van der Waals surface area (Å²) in [5.41, 5.74) is 15.2. The van der Waals surface area contributed by atoms with E-state index in [1.807, 2.05) is 30.3 Å². The molecule has 0 bridgehead atoms. The molecule has 0 radical (unpaired) electrons. The highest BCUT2D eigenvalue weighted by Gasteiger charge is 2.22. The van der Waals surface area contributed by atoms with E-state index in [4.69, 9.17) is 6.57 Å². The van der Waals surface area contributed by atoms with Crippen LogP contribution < -0.4 is 0 Å². The van der Waals surface area contributed by atoms with E-state index in [1.54, 1.807) is 0 Å². The second-order valence-corrected chi connectivity index (χ2v) is 17.5. The van der Waals surface area contributed by atoms with Crippen molar-refractivity contribution in [2.45, 2.75) is 0 Å². The third kappa shape index (κ3) is 5.31. The summed E-state index contributed by atoms with van der Waals surface area (Å²) in [6.07, 6.45) is 0. The summed E-state index contributed by atoms with van der Waals surface area (Å²) in [5.74, 6) is 0. The maximum Gasteiger partial charge on any atom is 0.196 e. The predicted molar refractivity (Wildman–Crippen MR) is 280 cm³/mol. The van der Waals surface area contributed by atoms with Gasteiger partial charge in [-0.15, -0.1) is 0 Å². The molecular weight excluding hydrogens is 829 g/mol. The monoisotopic (exact) mass is 864 g/mol. The first kappa shape index (κ1) is 37.7. The van der Waals surface area contributed by atoms with Gasteiger partial charge in [-0.25, -0.2) is 4.85 Å². The average Bonchev–Trinajstić information content (AvgIpc) is 4.12. The fraction of sp³-hybridized carbons (Fsp3) is 0. The molecule has 0 saturated heterocycles. The number of benzene rings is 10. The Balaban J connectivity index is 0.934. The van der Waals surface area contributed by atoms with Crippen LogP contribution in [0.4, 0.5) is 5.69 Å². The molecule has 0 aliphatic heterocycles. The van der Waals surface area contributed by atoms with Crippen LogP contribution in [0.5, 0.6) is 0 Å². The first-order valence-corrected chi connectivity index (χ1v) is 22.8. The highest BCUT2D eigenvalue weighted by Crippen LogP contribution is 2.44. The van der Waals surface area contributed by atoms with E-state index in [9.17, 15) is 5.26 Å². The van der Waals surface area contributed by atoms with Gasteiger partial charge in [0.25, 0.3) is 0 Å². The molecule has 14 rings (SSSR count). The molecule has 0 aliphatic rings. The van der Waals surface area contributed by atoms with E-state index in [-0.39, 0.29) is 0 Å². The lowest BCUT2D eigenvalue weighted by atomic mass is 10.00. The molecule has 14 aromatic rings. The fourth-order valence-corrected chi connectivity index (χ4v) is 11.1. The van der Waals surface area contributed by atoms with Gasteiger partial charge in [0.05, 0.1) is 62.0 Å². The Morgan fingerprint density at radius 2 is 0.765 bits per heavy atom. The normalized spacial score (nSPS) is 11.8. The zero-order valence-electron chi connectivity index (χ0n) is 36.5. The van der Waals surface area contributed by atoms with Crippen LogP contribution in [-0.2, 0) is 0 Å². The molecule has 0 fully saturated rings. The predicted octanol–water partition coefficient (Wildman–Crippen LogP) is 16.2. The fourth-order valence-electron chi connectivity index (χ4n) is 11.1. The summed E-state index contributed by atoms with van der Waals surface area (Å²) in [5, 5.41) is 20.2. The Hall–Kier alpha value is -9.62. The van der Waals surface area contributed by atoms with E-state index in [0.29, 0.717) is 11.3 Å². The first-order valence-electron chi connectivity index (χ1n) is 22.8. The molecule has 4 heterocycles. The van der Waals surface area contributed by atoms with Crippen LogP contribution in [0.2, 0.25) is 0 Å². The summed E-state index contributed by atoms with van der Waals surface area (Å²) in [6.45, 7) is 8.53. The minimum absolute atomic E-state index is 0.514. The molecule has 0 saturated carbocycles. The Labute approximate surface area is 390 Å². The first-order chi connectivity index (χ1) is 33.7. The number of nitriles is 1. The molecule has 6 nitrogen and oxygen atoms in total. The van der Waals surface area contributed by atoms with Gasteiger partial charge in [0.1, 0.15) is 6.07 Å². The second-order valence-electron chi connectivity index (χ2n) is 17.5. The van der Waals surface area contributed by atoms with E-state index in [0.717, 1.165) is 99.6 Å². The van der Waals surface area contributed by atoms with Gasteiger partial charge >= 0.3 is 0 Å². The highest BCUT2D eigenvalue weighted by molar-refractivity contribution is 6.20. The van der Waals surface area contributed by atoms with Crippen molar-refractivity contribution in [3.8, 4) is 39.9 Å². The van der Waals surface area contributed by atoms with Crippen molar-refractivity contribution in [1.82, 2.24) is 18.3 Å². The summed E-state index contributed by atoms with van der Waals surface area (Å²) < 4.78 is 9.21. The van der Waals surface area contributed by atoms with Crippen molar-refractivity contribution in [2.24, 2.45) is 0 Å². The van der Waals surface area contributed by atoms with Gasteiger partial charge in [-0.05, 0) is 108 Å². The van der Waals surface area contributed by atoms with Crippen LogP contribution in [0.1, 0.15) is 5.56 Å². The molecule has 68 heavy (non-hydrogen) atoms. The summed E-state index contributed by atoms with van der Waals surface area (Å²) in [6, 6.07) is 79.2. The maximum atomic E-state index is 11.0. The molecule has 6 heteroatoms. The largest absolute Gasteiger partial charge is 0.310 e. The Bertz CT molecular complexity index is 4510. The third-order valence-electron chi connectivity index (χ3n) is 14.0. The third-order valence-corrected chi connectivity index (χ3v) is 14.0. The molecule has 0 amide bonds. The van der Waals surface area contributed by atoms with Gasteiger partial charge < -0.3 is 18.3 Å². The van der Waals surface area contributed by atoms with Gasteiger partial charge in [0.15, 0.2) is 5.69 Å². The van der Waals surface area contributed by atoms with Crippen molar-refractivity contribution in [1.29, 1.82) is 5.26 Å². The van der Waals surface area contributed by atoms with Crippen LogP contribution >= 0.6 is 0 Å². The zero-order valence-corrected chi connectivity index (χ0v) is 36.5. The Morgan fingerprint density at radius 3 is 1.26 bits per heavy atom. The Morgan fingerprint density at radius 1 is 0.338 bits per heavy atom. The van der Waals surface area contributed by atoms with Crippen molar-refractivity contribution in [2.75, 3.05) is 0 Å². The van der Waals surface area contributed by atoms with E-state index in [2.05, 4.69) is 217 Å². The van der Waals surface area contributed by atoms with Crippen molar-refractivity contribution in [3.05, 3.63) is 235 Å². The molecular formula is C62H36N6. The van der Waals surface area contributed by atoms with Crippen molar-refractivity contribution >= 4 is 92.9 Å². The van der Waals surface area contributed by atoms with Gasteiger partial charge in [0.2, 0.25) is 0 Å². The minimum Gasteiger partial charge on any atom is -0.310 e. The van der Waals surface area contributed by atoms with Gasteiger partial charge in [-0.2, -0.15) is 5.26 Å². The Kier molecular flexibility index (Phi) is 8.01. The lowest BCUT2D eigenvalue weighted by Crippen LogP contribution is -1.99. The van der Waals surface area contributed by atoms with E-state index in [1.165, 1.54) is 21.5 Å². The average molecular weight is 865 g/mol. The zero-order chi connectivity index (χ0) is 45.0. The smallest absolute Gasteiger partial charge is 0.196 e. The summed E-state index contributed by atoms with van der Waals surface area (Å²) in [7, 11) is 0. The quantitative estimate of drug-likeness (QED) is 0.159.